The SMILES string of the molecule is CC(CN(C)C)NCc1cccc2cc[nH]c12. The Kier molecular flexibility index (Phi) is 3.82. The summed E-state index contributed by atoms with van der Waals surface area (Å²) in [5.74, 6) is 0. The van der Waals surface area contributed by atoms with Gasteiger partial charge in [-0.1, -0.05) is 18.2 Å². The van der Waals surface area contributed by atoms with Gasteiger partial charge in [0.25, 0.3) is 0 Å². The molecule has 0 fully saturated rings. The fourth-order valence-corrected chi connectivity index (χ4v) is 2.19. The third-order valence-corrected chi connectivity index (χ3v) is 2.95. The molecule has 92 valence electrons. The summed E-state index contributed by atoms with van der Waals surface area (Å²) < 4.78 is 0. The number of para-hydroxylation sites is 1. The second-order valence-corrected chi connectivity index (χ2v) is 4.90. The van der Waals surface area contributed by atoms with E-state index in [2.05, 4.69) is 60.5 Å². The van der Waals surface area contributed by atoms with E-state index in [1.807, 2.05) is 6.20 Å². The van der Waals surface area contributed by atoms with Crippen LogP contribution in [-0.4, -0.2) is 36.6 Å². The molecule has 0 bridgehead atoms. The number of likely N-dealkylation sites (N-methyl/N-ethyl adjacent to an activating group) is 1. The largest absolute Gasteiger partial charge is 0.361 e. The van der Waals surface area contributed by atoms with Gasteiger partial charge in [-0.2, -0.15) is 0 Å². The standard InChI is InChI=1S/C14H21N3/c1-11(10-17(2)3)16-9-13-6-4-5-12-7-8-15-14(12)13/h4-8,11,15-16H,9-10H2,1-3H3. The van der Waals surface area contributed by atoms with E-state index in [9.17, 15) is 0 Å². The molecule has 1 unspecified atom stereocenters. The van der Waals surface area contributed by atoms with Crippen molar-refractivity contribution in [2.75, 3.05) is 20.6 Å². The van der Waals surface area contributed by atoms with Crippen molar-refractivity contribution >= 4 is 10.9 Å². The van der Waals surface area contributed by atoms with E-state index in [-0.39, 0.29) is 0 Å². The normalized spacial score (nSPS) is 13.4. The summed E-state index contributed by atoms with van der Waals surface area (Å²) in [5, 5.41) is 4.83. The van der Waals surface area contributed by atoms with E-state index in [1.165, 1.54) is 16.5 Å². The summed E-state index contributed by atoms with van der Waals surface area (Å²) in [6, 6.07) is 9.04. The molecule has 3 heteroatoms. The lowest BCUT2D eigenvalue weighted by atomic mass is 10.1. The van der Waals surface area contributed by atoms with Gasteiger partial charge in [0.15, 0.2) is 0 Å². The molecule has 0 aliphatic heterocycles. The van der Waals surface area contributed by atoms with Crippen LogP contribution in [0.5, 0.6) is 0 Å². The van der Waals surface area contributed by atoms with Gasteiger partial charge in [0.05, 0.1) is 0 Å². The maximum Gasteiger partial charge on any atom is 0.0499 e. The Morgan fingerprint density at radius 3 is 2.88 bits per heavy atom. The maximum atomic E-state index is 3.55. The Hall–Kier alpha value is -1.32. The van der Waals surface area contributed by atoms with Crippen molar-refractivity contribution in [3.63, 3.8) is 0 Å². The van der Waals surface area contributed by atoms with Gasteiger partial charge < -0.3 is 15.2 Å². The molecule has 0 aliphatic carbocycles. The lowest BCUT2D eigenvalue weighted by Crippen LogP contribution is -2.35. The second-order valence-electron chi connectivity index (χ2n) is 4.90. The number of aromatic amines is 1. The molecule has 0 aliphatic rings. The van der Waals surface area contributed by atoms with Crippen molar-refractivity contribution in [1.82, 2.24) is 15.2 Å². The van der Waals surface area contributed by atoms with Crippen molar-refractivity contribution < 1.29 is 0 Å². The van der Waals surface area contributed by atoms with Crippen LogP contribution in [0, 0.1) is 0 Å². The summed E-state index contributed by atoms with van der Waals surface area (Å²) in [4.78, 5) is 5.50. The highest BCUT2D eigenvalue weighted by atomic mass is 15.1. The number of aromatic nitrogens is 1. The molecule has 2 N–H and O–H groups in total. The Labute approximate surface area is 103 Å². The minimum Gasteiger partial charge on any atom is -0.361 e. The highest BCUT2D eigenvalue weighted by Gasteiger charge is 2.05. The number of nitrogens with zero attached hydrogens (tertiary/aromatic N) is 1. The maximum absolute atomic E-state index is 3.55. The van der Waals surface area contributed by atoms with Crippen LogP contribution in [0.2, 0.25) is 0 Å². The lowest BCUT2D eigenvalue weighted by Gasteiger charge is -2.18. The molecule has 3 nitrogen and oxygen atoms in total. The monoisotopic (exact) mass is 231 g/mol. The fourth-order valence-electron chi connectivity index (χ4n) is 2.19. The number of hydrogen-bond donors (Lipinski definition) is 2. The van der Waals surface area contributed by atoms with Crippen molar-refractivity contribution in [2.24, 2.45) is 0 Å². The number of hydrogen-bond acceptors (Lipinski definition) is 2. The molecule has 1 aromatic heterocycles. The molecule has 0 amide bonds. The molecule has 2 aromatic rings. The Morgan fingerprint density at radius 1 is 1.29 bits per heavy atom. The highest BCUT2D eigenvalue weighted by Crippen LogP contribution is 2.16. The fraction of sp³-hybridized carbons (Fsp3) is 0.429. The van der Waals surface area contributed by atoms with Crippen LogP contribution in [0.25, 0.3) is 10.9 Å². The molecule has 1 atom stereocenters. The van der Waals surface area contributed by atoms with E-state index in [1.54, 1.807) is 0 Å². The van der Waals surface area contributed by atoms with Gasteiger partial charge in [-0.05, 0) is 38.0 Å². The van der Waals surface area contributed by atoms with Crippen molar-refractivity contribution in [1.29, 1.82) is 0 Å². The zero-order chi connectivity index (χ0) is 12.3. The third kappa shape index (κ3) is 3.08. The predicted molar refractivity (Wildman–Crippen MR) is 73.2 cm³/mol. The molecule has 1 heterocycles. The zero-order valence-electron chi connectivity index (χ0n) is 10.8. The van der Waals surface area contributed by atoms with E-state index in [0.717, 1.165) is 13.1 Å². The van der Waals surface area contributed by atoms with Crippen molar-refractivity contribution in [2.45, 2.75) is 19.5 Å². The average Bonchev–Trinajstić information content (AvgIpc) is 2.73. The predicted octanol–water partition coefficient (Wildman–Crippen LogP) is 2.21. The topological polar surface area (TPSA) is 31.1 Å². The van der Waals surface area contributed by atoms with Crippen LogP contribution in [-0.2, 0) is 6.54 Å². The van der Waals surface area contributed by atoms with Crippen LogP contribution in [0.4, 0.5) is 0 Å². The van der Waals surface area contributed by atoms with Crippen LogP contribution in [0.3, 0.4) is 0 Å². The smallest absolute Gasteiger partial charge is 0.0499 e. The van der Waals surface area contributed by atoms with Gasteiger partial charge in [0.2, 0.25) is 0 Å². The van der Waals surface area contributed by atoms with Gasteiger partial charge >= 0.3 is 0 Å². The van der Waals surface area contributed by atoms with Gasteiger partial charge in [-0.15, -0.1) is 0 Å². The summed E-state index contributed by atoms with van der Waals surface area (Å²) in [6.45, 7) is 4.18. The summed E-state index contributed by atoms with van der Waals surface area (Å²) in [5.41, 5.74) is 2.58. The first-order valence-corrected chi connectivity index (χ1v) is 6.10. The Bertz CT molecular complexity index is 473. The molecular weight excluding hydrogens is 210 g/mol. The molecule has 0 spiro atoms. The number of nitrogens with one attached hydrogen (secondary N) is 2. The van der Waals surface area contributed by atoms with E-state index in [4.69, 9.17) is 0 Å². The molecule has 2 rings (SSSR count). The van der Waals surface area contributed by atoms with Gasteiger partial charge in [-0.3, -0.25) is 0 Å². The highest BCUT2D eigenvalue weighted by molar-refractivity contribution is 5.82. The van der Waals surface area contributed by atoms with Crippen molar-refractivity contribution in [3.05, 3.63) is 36.0 Å². The zero-order valence-corrected chi connectivity index (χ0v) is 10.8. The van der Waals surface area contributed by atoms with E-state index in [0.29, 0.717) is 6.04 Å². The first-order chi connectivity index (χ1) is 8.16. The van der Waals surface area contributed by atoms with Crippen molar-refractivity contribution in [3.8, 4) is 0 Å². The van der Waals surface area contributed by atoms with Gasteiger partial charge in [0.1, 0.15) is 0 Å². The summed E-state index contributed by atoms with van der Waals surface area (Å²) >= 11 is 0. The first kappa shape index (κ1) is 12.1. The first-order valence-electron chi connectivity index (χ1n) is 6.10. The molecular formula is C14H21N3. The number of fused-ring (bicyclic) bond motifs is 1. The average molecular weight is 231 g/mol. The van der Waals surface area contributed by atoms with Gasteiger partial charge in [-0.25, -0.2) is 0 Å². The number of rotatable bonds is 5. The van der Waals surface area contributed by atoms with Gasteiger partial charge in [0, 0.05) is 30.8 Å². The number of H-pyrrole nitrogens is 1. The van der Waals surface area contributed by atoms with Crippen LogP contribution in [0.15, 0.2) is 30.5 Å². The minimum absolute atomic E-state index is 0.496. The van der Waals surface area contributed by atoms with E-state index >= 15 is 0 Å². The quantitative estimate of drug-likeness (QED) is 0.826. The summed E-state index contributed by atoms with van der Waals surface area (Å²) in [7, 11) is 4.20. The molecule has 0 radical (unpaired) electrons. The second kappa shape index (κ2) is 5.34. The van der Waals surface area contributed by atoms with Crippen LogP contribution >= 0.6 is 0 Å². The summed E-state index contributed by atoms with van der Waals surface area (Å²) in [6.07, 6.45) is 2.00. The molecule has 17 heavy (non-hydrogen) atoms. The van der Waals surface area contributed by atoms with Crippen LogP contribution in [0.1, 0.15) is 12.5 Å². The Morgan fingerprint density at radius 2 is 2.12 bits per heavy atom. The van der Waals surface area contributed by atoms with Crippen LogP contribution < -0.4 is 5.32 Å². The third-order valence-electron chi connectivity index (χ3n) is 2.95. The molecule has 1 aromatic carbocycles. The molecule has 0 saturated carbocycles. The minimum atomic E-state index is 0.496. The number of benzene rings is 1. The molecule has 0 saturated heterocycles. The lowest BCUT2D eigenvalue weighted by molar-refractivity contribution is 0.349. The van der Waals surface area contributed by atoms with E-state index < -0.39 is 0 Å². The Balaban J connectivity index is 2.01.